The molecule has 1 aliphatic rings. The predicted molar refractivity (Wildman–Crippen MR) is 64.4 cm³/mol. The number of aliphatic hydroxyl groups excluding tert-OH is 1. The SMILES string of the molecule is CC(O)C(C)OC1(C#N)CC(C)(C)OC1(C)C. The fraction of sp³-hybridized carbons (Fsp3) is 0.923. The third kappa shape index (κ3) is 2.62. The Morgan fingerprint density at radius 3 is 2.12 bits per heavy atom. The summed E-state index contributed by atoms with van der Waals surface area (Å²) < 4.78 is 11.7. The van der Waals surface area contributed by atoms with Crippen molar-refractivity contribution in [2.75, 3.05) is 0 Å². The lowest BCUT2D eigenvalue weighted by molar-refractivity contribution is -0.161. The van der Waals surface area contributed by atoms with Gasteiger partial charge in [-0.15, -0.1) is 0 Å². The summed E-state index contributed by atoms with van der Waals surface area (Å²) in [6.45, 7) is 11.0. The van der Waals surface area contributed by atoms with Gasteiger partial charge in [0, 0.05) is 6.42 Å². The smallest absolute Gasteiger partial charge is 0.185 e. The summed E-state index contributed by atoms with van der Waals surface area (Å²) in [4.78, 5) is 0. The highest BCUT2D eigenvalue weighted by atomic mass is 16.6. The molecule has 17 heavy (non-hydrogen) atoms. The maximum atomic E-state index is 9.52. The predicted octanol–water partition coefficient (Wildman–Crippen LogP) is 2.01. The molecule has 0 spiro atoms. The molecule has 0 bridgehead atoms. The number of ether oxygens (including phenoxy) is 2. The van der Waals surface area contributed by atoms with E-state index in [2.05, 4.69) is 6.07 Å². The Morgan fingerprint density at radius 1 is 1.29 bits per heavy atom. The van der Waals surface area contributed by atoms with Gasteiger partial charge in [0.1, 0.15) is 11.7 Å². The van der Waals surface area contributed by atoms with Gasteiger partial charge >= 0.3 is 0 Å². The molecule has 1 aliphatic heterocycles. The van der Waals surface area contributed by atoms with E-state index < -0.39 is 29.0 Å². The number of nitrogens with zero attached hydrogens (tertiary/aromatic N) is 1. The van der Waals surface area contributed by atoms with Crippen LogP contribution in [0.2, 0.25) is 0 Å². The van der Waals surface area contributed by atoms with Crippen LogP contribution >= 0.6 is 0 Å². The second-order valence-electron chi connectivity index (χ2n) is 6.05. The van der Waals surface area contributed by atoms with Gasteiger partial charge in [-0.3, -0.25) is 0 Å². The lowest BCUT2D eigenvalue weighted by atomic mass is 9.83. The summed E-state index contributed by atoms with van der Waals surface area (Å²) in [5.74, 6) is 0. The van der Waals surface area contributed by atoms with E-state index in [9.17, 15) is 10.4 Å². The van der Waals surface area contributed by atoms with Crippen LogP contribution in [0.25, 0.3) is 0 Å². The van der Waals surface area contributed by atoms with Crippen LogP contribution in [0.5, 0.6) is 0 Å². The maximum absolute atomic E-state index is 9.52. The summed E-state index contributed by atoms with van der Waals surface area (Å²) in [5.41, 5.74) is -2.08. The summed E-state index contributed by atoms with van der Waals surface area (Å²) in [7, 11) is 0. The molecule has 1 N–H and O–H groups in total. The van der Waals surface area contributed by atoms with E-state index in [4.69, 9.17) is 9.47 Å². The Hall–Kier alpha value is -0.630. The first-order valence-corrected chi connectivity index (χ1v) is 6.03. The van der Waals surface area contributed by atoms with Crippen molar-refractivity contribution >= 4 is 0 Å². The van der Waals surface area contributed by atoms with Crippen LogP contribution < -0.4 is 0 Å². The van der Waals surface area contributed by atoms with E-state index in [1.165, 1.54) is 0 Å². The number of hydrogen-bond donors (Lipinski definition) is 1. The first kappa shape index (κ1) is 14.4. The lowest BCUT2D eigenvalue weighted by Crippen LogP contribution is -2.50. The summed E-state index contributed by atoms with van der Waals surface area (Å²) >= 11 is 0. The molecule has 0 radical (unpaired) electrons. The number of hydrogen-bond acceptors (Lipinski definition) is 4. The third-order valence-corrected chi connectivity index (χ3v) is 3.43. The molecule has 0 aromatic carbocycles. The Labute approximate surface area is 104 Å². The van der Waals surface area contributed by atoms with E-state index in [0.29, 0.717) is 6.42 Å². The average Bonchev–Trinajstić information content (AvgIpc) is 2.31. The number of rotatable bonds is 3. The highest BCUT2D eigenvalue weighted by molar-refractivity contribution is 5.19. The highest BCUT2D eigenvalue weighted by Gasteiger charge is 2.59. The van der Waals surface area contributed by atoms with Crippen LogP contribution in [0.4, 0.5) is 0 Å². The Kier molecular flexibility index (Phi) is 3.60. The van der Waals surface area contributed by atoms with Crippen molar-refractivity contribution < 1.29 is 14.6 Å². The highest BCUT2D eigenvalue weighted by Crippen LogP contribution is 2.47. The van der Waals surface area contributed by atoms with E-state index in [-0.39, 0.29) is 0 Å². The van der Waals surface area contributed by atoms with Crippen molar-refractivity contribution in [2.45, 2.75) is 77.0 Å². The van der Waals surface area contributed by atoms with Gasteiger partial charge in [0.05, 0.1) is 17.8 Å². The van der Waals surface area contributed by atoms with E-state index in [0.717, 1.165) is 0 Å². The van der Waals surface area contributed by atoms with Crippen molar-refractivity contribution in [1.82, 2.24) is 0 Å². The summed E-state index contributed by atoms with van der Waals surface area (Å²) in [6.07, 6.45) is -0.508. The van der Waals surface area contributed by atoms with Crippen molar-refractivity contribution in [1.29, 1.82) is 5.26 Å². The summed E-state index contributed by atoms with van der Waals surface area (Å²) in [5, 5.41) is 19.0. The lowest BCUT2D eigenvalue weighted by Gasteiger charge is -2.36. The zero-order valence-electron chi connectivity index (χ0n) is 11.6. The molecule has 3 unspecified atom stereocenters. The minimum absolute atomic E-state index is 0.391. The van der Waals surface area contributed by atoms with Gasteiger partial charge in [-0.1, -0.05) is 0 Å². The average molecular weight is 241 g/mol. The zero-order chi connectivity index (χ0) is 13.5. The van der Waals surface area contributed by atoms with Crippen LogP contribution in [0.1, 0.15) is 48.0 Å². The second-order valence-corrected chi connectivity index (χ2v) is 6.05. The molecule has 0 saturated carbocycles. The zero-order valence-corrected chi connectivity index (χ0v) is 11.6. The molecule has 1 fully saturated rings. The van der Waals surface area contributed by atoms with E-state index >= 15 is 0 Å². The number of aliphatic hydroxyl groups is 1. The molecule has 4 heteroatoms. The van der Waals surface area contributed by atoms with Gasteiger partial charge in [0.15, 0.2) is 5.60 Å². The standard InChI is InChI=1S/C13H23NO3/c1-9(15)10(2)16-13(8-14)7-11(3,4)17-12(13,5)6/h9-10,15H,7H2,1-6H3. The molecule has 4 nitrogen and oxygen atoms in total. The monoisotopic (exact) mass is 241 g/mol. The van der Waals surface area contributed by atoms with E-state index in [1.54, 1.807) is 13.8 Å². The minimum atomic E-state index is -1.01. The van der Waals surface area contributed by atoms with Crippen molar-refractivity contribution in [3.8, 4) is 6.07 Å². The van der Waals surface area contributed by atoms with Gasteiger partial charge < -0.3 is 14.6 Å². The topological polar surface area (TPSA) is 62.5 Å². The Morgan fingerprint density at radius 2 is 1.82 bits per heavy atom. The van der Waals surface area contributed by atoms with Gasteiger partial charge in [-0.25, -0.2) is 0 Å². The third-order valence-electron chi connectivity index (χ3n) is 3.43. The molecule has 1 rings (SSSR count). The molecular weight excluding hydrogens is 218 g/mol. The Bertz CT molecular complexity index is 330. The molecule has 0 aromatic heterocycles. The van der Waals surface area contributed by atoms with Crippen LogP contribution in [-0.4, -0.2) is 34.1 Å². The van der Waals surface area contributed by atoms with Crippen molar-refractivity contribution in [2.24, 2.45) is 0 Å². The normalized spacial score (nSPS) is 34.0. The van der Waals surface area contributed by atoms with Crippen molar-refractivity contribution in [3.63, 3.8) is 0 Å². The summed E-state index contributed by atoms with van der Waals surface area (Å²) in [6, 6.07) is 2.25. The molecule has 3 atom stereocenters. The molecular formula is C13H23NO3. The molecule has 0 amide bonds. The largest absolute Gasteiger partial charge is 0.391 e. The van der Waals surface area contributed by atoms with Gasteiger partial charge in [-0.05, 0) is 41.5 Å². The van der Waals surface area contributed by atoms with Gasteiger partial charge in [0.25, 0.3) is 0 Å². The van der Waals surface area contributed by atoms with Crippen LogP contribution in [0.15, 0.2) is 0 Å². The van der Waals surface area contributed by atoms with Crippen molar-refractivity contribution in [3.05, 3.63) is 0 Å². The number of nitriles is 1. The van der Waals surface area contributed by atoms with E-state index in [1.807, 2.05) is 27.7 Å². The fourth-order valence-electron chi connectivity index (χ4n) is 2.42. The van der Waals surface area contributed by atoms with Crippen LogP contribution in [0.3, 0.4) is 0 Å². The first-order valence-electron chi connectivity index (χ1n) is 6.03. The molecule has 1 saturated heterocycles. The van der Waals surface area contributed by atoms with Gasteiger partial charge in [-0.2, -0.15) is 5.26 Å². The first-order chi connectivity index (χ1) is 7.55. The minimum Gasteiger partial charge on any atom is -0.391 e. The van der Waals surface area contributed by atoms with Crippen LogP contribution in [-0.2, 0) is 9.47 Å². The quantitative estimate of drug-likeness (QED) is 0.821. The second kappa shape index (κ2) is 4.24. The molecule has 1 heterocycles. The molecule has 98 valence electrons. The maximum Gasteiger partial charge on any atom is 0.185 e. The van der Waals surface area contributed by atoms with Crippen LogP contribution in [0, 0.1) is 11.3 Å². The molecule has 0 aliphatic carbocycles. The van der Waals surface area contributed by atoms with Gasteiger partial charge in [0.2, 0.25) is 0 Å². The Balaban J connectivity index is 3.01. The molecule has 0 aromatic rings. The fourth-order valence-corrected chi connectivity index (χ4v) is 2.42.